The summed E-state index contributed by atoms with van der Waals surface area (Å²) >= 11 is 0. The van der Waals surface area contributed by atoms with Crippen LogP contribution < -0.4 is 19.1 Å². The van der Waals surface area contributed by atoms with Crippen molar-refractivity contribution in [2.45, 2.75) is 52.7 Å². The van der Waals surface area contributed by atoms with Crippen molar-refractivity contribution in [2.75, 3.05) is 31.3 Å². The number of aryl methyl sites for hydroxylation is 1. The van der Waals surface area contributed by atoms with Gasteiger partial charge in [0.05, 0.1) is 26.2 Å². The number of rotatable bonds is 12. The maximum Gasteiger partial charge on any atom is 0.244 e. The number of nitrogens with one attached hydrogen (secondary N) is 1. The molecule has 10 heteroatoms. The summed E-state index contributed by atoms with van der Waals surface area (Å²) in [5.41, 5.74) is 2.02. The van der Waals surface area contributed by atoms with Crippen LogP contribution in [-0.2, 0) is 26.2 Å². The summed E-state index contributed by atoms with van der Waals surface area (Å²) in [6, 6.07) is 11.3. The monoisotopic (exact) mass is 519 g/mol. The van der Waals surface area contributed by atoms with Crippen molar-refractivity contribution >= 4 is 27.5 Å². The lowest BCUT2D eigenvalue weighted by Gasteiger charge is -2.32. The molecule has 2 aromatic rings. The molecule has 2 atom stereocenters. The van der Waals surface area contributed by atoms with Gasteiger partial charge in [-0.1, -0.05) is 31.2 Å². The Balaban J connectivity index is 2.47. The quantitative estimate of drug-likeness (QED) is 0.462. The van der Waals surface area contributed by atoms with E-state index in [-0.39, 0.29) is 29.9 Å². The molecule has 0 spiro atoms. The third-order valence-electron chi connectivity index (χ3n) is 6.11. The van der Waals surface area contributed by atoms with Gasteiger partial charge in [-0.3, -0.25) is 13.9 Å². The number of anilines is 1. The molecular formula is C26H37N3O6S. The van der Waals surface area contributed by atoms with E-state index in [4.69, 9.17) is 9.47 Å². The van der Waals surface area contributed by atoms with Crippen molar-refractivity contribution in [3.05, 3.63) is 53.6 Å². The Morgan fingerprint density at radius 1 is 1.06 bits per heavy atom. The third kappa shape index (κ3) is 7.36. The van der Waals surface area contributed by atoms with Crippen molar-refractivity contribution in [1.29, 1.82) is 0 Å². The molecule has 0 bridgehead atoms. The lowest BCUT2D eigenvalue weighted by molar-refractivity contribution is -0.139. The zero-order valence-corrected chi connectivity index (χ0v) is 22.9. The Hall–Kier alpha value is -3.27. The smallest absolute Gasteiger partial charge is 0.244 e. The molecule has 198 valence electrons. The Kier molecular flexibility index (Phi) is 10.2. The number of methoxy groups -OCH3 is 2. The zero-order valence-electron chi connectivity index (χ0n) is 22.1. The van der Waals surface area contributed by atoms with E-state index in [9.17, 15) is 18.0 Å². The van der Waals surface area contributed by atoms with Crippen LogP contribution in [0, 0.1) is 6.92 Å². The number of nitrogens with zero attached hydrogens (tertiary/aromatic N) is 2. The maximum atomic E-state index is 13.7. The molecule has 0 saturated heterocycles. The summed E-state index contributed by atoms with van der Waals surface area (Å²) in [5, 5.41) is 2.91. The molecule has 0 aliphatic rings. The molecule has 0 fully saturated rings. The number of carbonyl (C=O) groups is 2. The highest BCUT2D eigenvalue weighted by atomic mass is 32.2. The van der Waals surface area contributed by atoms with Crippen LogP contribution in [0.25, 0.3) is 0 Å². The molecule has 0 radical (unpaired) electrons. The number of hydrogen-bond donors (Lipinski definition) is 1. The summed E-state index contributed by atoms with van der Waals surface area (Å²) in [6.07, 6.45) is 1.76. The second-order valence-corrected chi connectivity index (χ2v) is 10.7. The lowest BCUT2D eigenvalue weighted by atomic mass is 10.1. The first-order valence-electron chi connectivity index (χ1n) is 11.8. The minimum absolute atomic E-state index is 0.0635. The fourth-order valence-electron chi connectivity index (χ4n) is 3.60. The van der Waals surface area contributed by atoms with E-state index in [1.807, 2.05) is 45.0 Å². The van der Waals surface area contributed by atoms with Gasteiger partial charge in [-0.05, 0) is 50.5 Å². The van der Waals surface area contributed by atoms with Crippen LogP contribution >= 0.6 is 0 Å². The second kappa shape index (κ2) is 12.6. The van der Waals surface area contributed by atoms with E-state index in [0.29, 0.717) is 5.75 Å². The highest BCUT2D eigenvalue weighted by molar-refractivity contribution is 7.92. The second-order valence-electron chi connectivity index (χ2n) is 8.75. The minimum Gasteiger partial charge on any atom is -0.497 e. The van der Waals surface area contributed by atoms with E-state index < -0.39 is 28.5 Å². The van der Waals surface area contributed by atoms with Crippen LogP contribution in [0.4, 0.5) is 5.69 Å². The zero-order chi connectivity index (χ0) is 27.0. The van der Waals surface area contributed by atoms with Crippen LogP contribution in [0.3, 0.4) is 0 Å². The molecule has 0 heterocycles. The Morgan fingerprint density at radius 3 is 2.28 bits per heavy atom. The molecule has 2 aromatic carbocycles. The average molecular weight is 520 g/mol. The van der Waals surface area contributed by atoms with Crippen molar-refractivity contribution in [3.63, 3.8) is 0 Å². The Labute approximate surface area is 214 Å². The van der Waals surface area contributed by atoms with Gasteiger partial charge < -0.3 is 19.7 Å². The van der Waals surface area contributed by atoms with Crippen LogP contribution in [0.1, 0.15) is 38.3 Å². The summed E-state index contributed by atoms with van der Waals surface area (Å²) in [7, 11) is -0.987. The van der Waals surface area contributed by atoms with Gasteiger partial charge in [0.25, 0.3) is 0 Å². The normalized spacial score (nSPS) is 12.9. The van der Waals surface area contributed by atoms with Crippen LogP contribution in [0.5, 0.6) is 11.5 Å². The number of hydrogen-bond acceptors (Lipinski definition) is 6. The predicted molar refractivity (Wildman–Crippen MR) is 141 cm³/mol. The number of carbonyl (C=O) groups excluding carboxylic acids is 2. The topological polar surface area (TPSA) is 105 Å². The molecule has 0 aliphatic heterocycles. The number of benzene rings is 2. The molecule has 36 heavy (non-hydrogen) atoms. The summed E-state index contributed by atoms with van der Waals surface area (Å²) in [5.74, 6) is -0.111. The van der Waals surface area contributed by atoms with Gasteiger partial charge in [-0.15, -0.1) is 0 Å². The fraction of sp³-hybridized carbons (Fsp3) is 0.462. The Morgan fingerprint density at radius 2 is 1.72 bits per heavy atom. The van der Waals surface area contributed by atoms with Gasteiger partial charge in [0, 0.05) is 18.7 Å². The molecule has 2 rings (SSSR count). The number of sulfonamides is 1. The maximum absolute atomic E-state index is 13.7. The third-order valence-corrected chi connectivity index (χ3v) is 7.23. The SMILES string of the molecule is CCC(C)NC(=O)C(C)N(Cc1ccccc1C)C(=O)CN(c1ccc(OC)cc1OC)S(C)(=O)=O. The van der Waals surface area contributed by atoms with Gasteiger partial charge in [-0.25, -0.2) is 8.42 Å². The number of ether oxygens (including phenoxy) is 2. The predicted octanol–water partition coefficient (Wildman–Crippen LogP) is 3.11. The van der Waals surface area contributed by atoms with Crippen molar-refractivity contribution in [1.82, 2.24) is 10.2 Å². The van der Waals surface area contributed by atoms with Crippen molar-refractivity contribution in [3.8, 4) is 11.5 Å². The largest absolute Gasteiger partial charge is 0.497 e. The van der Waals surface area contributed by atoms with E-state index >= 15 is 0 Å². The summed E-state index contributed by atoms with van der Waals surface area (Å²) in [4.78, 5) is 28.1. The van der Waals surface area contributed by atoms with Gasteiger partial charge in [0.1, 0.15) is 24.1 Å². The van der Waals surface area contributed by atoms with E-state index in [1.54, 1.807) is 19.1 Å². The lowest BCUT2D eigenvalue weighted by Crippen LogP contribution is -2.52. The molecular weight excluding hydrogens is 482 g/mol. The van der Waals surface area contributed by atoms with Gasteiger partial charge in [0.15, 0.2) is 0 Å². The van der Waals surface area contributed by atoms with Gasteiger partial charge in [0.2, 0.25) is 21.8 Å². The average Bonchev–Trinajstić information content (AvgIpc) is 2.85. The number of amides is 2. The summed E-state index contributed by atoms with van der Waals surface area (Å²) in [6.45, 7) is 7.06. The molecule has 2 amide bonds. The van der Waals surface area contributed by atoms with E-state index in [2.05, 4.69) is 5.32 Å². The first kappa shape index (κ1) is 29.0. The molecule has 0 saturated carbocycles. The molecule has 0 aliphatic carbocycles. The standard InChI is InChI=1S/C26H37N3O6S/c1-8-19(3)27-26(31)20(4)28(16-21-12-10-9-11-18(21)2)25(30)17-29(36(7,32)33)23-14-13-22(34-5)15-24(23)35-6/h9-15,19-20H,8,16-17H2,1-7H3,(H,27,31). The minimum atomic E-state index is -3.88. The summed E-state index contributed by atoms with van der Waals surface area (Å²) < 4.78 is 37.2. The fourth-order valence-corrected chi connectivity index (χ4v) is 4.46. The van der Waals surface area contributed by atoms with Crippen LogP contribution in [0.2, 0.25) is 0 Å². The first-order valence-corrected chi connectivity index (χ1v) is 13.6. The van der Waals surface area contributed by atoms with Crippen LogP contribution in [0.15, 0.2) is 42.5 Å². The molecule has 1 N–H and O–H groups in total. The Bertz CT molecular complexity index is 1170. The van der Waals surface area contributed by atoms with E-state index in [0.717, 1.165) is 28.1 Å². The molecule has 2 unspecified atom stereocenters. The first-order chi connectivity index (χ1) is 16.9. The van der Waals surface area contributed by atoms with Crippen molar-refractivity contribution in [2.24, 2.45) is 0 Å². The highest BCUT2D eigenvalue weighted by Crippen LogP contribution is 2.33. The molecule has 0 aromatic heterocycles. The molecule has 9 nitrogen and oxygen atoms in total. The van der Waals surface area contributed by atoms with Gasteiger partial charge in [-0.2, -0.15) is 0 Å². The highest BCUT2D eigenvalue weighted by Gasteiger charge is 2.31. The van der Waals surface area contributed by atoms with Gasteiger partial charge >= 0.3 is 0 Å². The van der Waals surface area contributed by atoms with Crippen LogP contribution in [-0.4, -0.2) is 64.2 Å². The van der Waals surface area contributed by atoms with Crippen molar-refractivity contribution < 1.29 is 27.5 Å². The van der Waals surface area contributed by atoms with E-state index in [1.165, 1.54) is 25.2 Å².